The molecule has 11 nitrogen and oxygen atoms in total. The van der Waals surface area contributed by atoms with Crippen LogP contribution in [0, 0.1) is 23.7 Å². The van der Waals surface area contributed by atoms with Crippen LogP contribution in [0.1, 0.15) is 130 Å². The Morgan fingerprint density at radius 2 is 1.37 bits per heavy atom. The van der Waals surface area contributed by atoms with Gasteiger partial charge in [0.05, 0.1) is 31.7 Å². The van der Waals surface area contributed by atoms with E-state index in [4.69, 9.17) is 4.74 Å². The second-order valence-corrected chi connectivity index (χ2v) is 15.4. The third-order valence-electron chi connectivity index (χ3n) is 9.80. The summed E-state index contributed by atoms with van der Waals surface area (Å²) in [6.45, 7) is 19.8. The summed E-state index contributed by atoms with van der Waals surface area (Å²) >= 11 is 0. The summed E-state index contributed by atoms with van der Waals surface area (Å²) in [7, 11) is 1.19. The molecule has 0 heterocycles. The molecule has 0 aliphatic rings. The number of esters is 1. The maximum absolute atomic E-state index is 13.7. The molecule has 5 atom stereocenters. The fraction of sp³-hybridized carbons (Fsp3) is 0.707. The normalized spacial score (nSPS) is 14.6. The highest BCUT2D eigenvalue weighted by atomic mass is 16.5. The summed E-state index contributed by atoms with van der Waals surface area (Å²) in [5, 5.41) is 15.4. The highest BCUT2D eigenvalue weighted by molar-refractivity contribution is 5.99. The molecule has 3 N–H and O–H groups in total. The van der Waals surface area contributed by atoms with Gasteiger partial charge in [0.1, 0.15) is 0 Å². The highest BCUT2D eigenvalue weighted by Gasteiger charge is 2.32. The zero-order chi connectivity index (χ0) is 39.6. The molecule has 0 saturated carbocycles. The second kappa shape index (κ2) is 23.3. The summed E-state index contributed by atoms with van der Waals surface area (Å²) in [4.78, 5) is 81.4. The van der Waals surface area contributed by atoms with E-state index in [0.717, 1.165) is 31.6 Å². The van der Waals surface area contributed by atoms with Gasteiger partial charge in [-0.05, 0) is 75.6 Å². The molecule has 11 heteroatoms. The van der Waals surface area contributed by atoms with Gasteiger partial charge in [-0.3, -0.25) is 28.8 Å². The van der Waals surface area contributed by atoms with Gasteiger partial charge in [-0.15, -0.1) is 0 Å². The number of Topliss-reactive ketones (excluding diaryl/α,β-unsaturated/α-hetero) is 3. The molecule has 1 unspecified atom stereocenters. The molecule has 0 fully saturated rings. The maximum atomic E-state index is 13.7. The number of ketones is 3. The van der Waals surface area contributed by atoms with Crippen molar-refractivity contribution in [1.82, 2.24) is 15.5 Å². The minimum atomic E-state index is -1.04. The van der Waals surface area contributed by atoms with E-state index in [-0.39, 0.29) is 47.9 Å². The van der Waals surface area contributed by atoms with Crippen molar-refractivity contribution in [1.29, 1.82) is 0 Å². The molecule has 0 spiro atoms. The number of rotatable bonds is 25. The summed E-state index contributed by atoms with van der Waals surface area (Å²) in [6, 6.07) is 5.63. The van der Waals surface area contributed by atoms with E-state index in [0.29, 0.717) is 31.2 Å². The van der Waals surface area contributed by atoms with Crippen molar-refractivity contribution in [2.75, 3.05) is 33.4 Å². The summed E-state index contributed by atoms with van der Waals surface area (Å²) < 4.78 is 4.74. The molecular weight excluding hydrogens is 662 g/mol. The first-order chi connectivity index (χ1) is 24.4. The number of amides is 2. The predicted molar refractivity (Wildman–Crippen MR) is 204 cm³/mol. The number of hydrogen-bond donors (Lipinski definition) is 3. The van der Waals surface area contributed by atoms with E-state index >= 15 is 0 Å². The monoisotopic (exact) mass is 729 g/mol. The summed E-state index contributed by atoms with van der Waals surface area (Å²) in [5.41, 5.74) is 1.58. The van der Waals surface area contributed by atoms with Crippen molar-refractivity contribution in [3.8, 4) is 0 Å². The predicted octanol–water partition coefficient (Wildman–Crippen LogP) is 5.45. The third kappa shape index (κ3) is 16.1. The topological polar surface area (TPSA) is 159 Å². The number of aliphatic hydroxyl groups excluding tert-OH is 1. The molecule has 0 bridgehead atoms. The van der Waals surface area contributed by atoms with Crippen LogP contribution < -0.4 is 10.6 Å². The van der Waals surface area contributed by atoms with Crippen molar-refractivity contribution in [2.24, 2.45) is 23.7 Å². The lowest BCUT2D eigenvalue weighted by atomic mass is 9.86. The average Bonchev–Trinajstić information content (AvgIpc) is 3.10. The lowest BCUT2D eigenvalue weighted by Crippen LogP contribution is -2.47. The number of benzene rings is 1. The first-order valence-corrected chi connectivity index (χ1v) is 19.1. The molecular formula is C41H67N3O8. The SMILES string of the molecule is CCC(CC(=O)c1ccc(C(C)(C)C)cc1)C(=O)N[C@@H](C)C(=O)C[C@@H](CC(C)C)C(=O)N[C@@H](CCCCN(CC)CC)C(=O)C[C@@H](CO)C(=O)OC. The van der Waals surface area contributed by atoms with Crippen LogP contribution in [0.25, 0.3) is 0 Å². The average molecular weight is 730 g/mol. The van der Waals surface area contributed by atoms with Crippen molar-refractivity contribution in [2.45, 2.75) is 131 Å². The zero-order valence-electron chi connectivity index (χ0n) is 33.5. The number of hydrogen-bond acceptors (Lipinski definition) is 9. The number of nitrogens with zero attached hydrogens (tertiary/aromatic N) is 1. The number of carbonyl (C=O) groups excluding carboxylic acids is 6. The molecule has 0 aliphatic carbocycles. The fourth-order valence-corrected chi connectivity index (χ4v) is 6.20. The standard InChI is InChI=1S/C41H67N3O8/c1-11-29(23-36(47)30-17-19-33(20-18-30)41(7,8)9)38(49)42-28(6)35(46)24-31(22-27(4)5)39(50)43-34(16-14-15-21-44(12-2)13-3)37(48)25-32(26-45)40(51)52-10/h17-20,27-29,31-32,34,45H,11-16,21-26H2,1-10H3,(H,42,49)(H,43,50)/t28-,29?,31+,32-,34-/m0/s1. The van der Waals surface area contributed by atoms with Gasteiger partial charge >= 0.3 is 5.97 Å². The Hall–Kier alpha value is -3.44. The Labute approximate surface area is 312 Å². The number of unbranched alkanes of at least 4 members (excludes halogenated alkanes) is 1. The minimum absolute atomic E-state index is 0.00788. The molecule has 2 amide bonds. The highest BCUT2D eigenvalue weighted by Crippen LogP contribution is 2.24. The molecule has 52 heavy (non-hydrogen) atoms. The van der Waals surface area contributed by atoms with E-state index in [1.165, 1.54) is 7.11 Å². The third-order valence-corrected chi connectivity index (χ3v) is 9.80. The zero-order valence-corrected chi connectivity index (χ0v) is 33.5. The number of aliphatic hydroxyl groups is 1. The maximum Gasteiger partial charge on any atom is 0.311 e. The van der Waals surface area contributed by atoms with Gasteiger partial charge in [-0.25, -0.2) is 0 Å². The Morgan fingerprint density at radius 3 is 1.87 bits per heavy atom. The van der Waals surface area contributed by atoms with Gasteiger partial charge in [0.15, 0.2) is 17.3 Å². The van der Waals surface area contributed by atoms with Crippen LogP contribution in [-0.4, -0.2) is 90.6 Å². The molecule has 0 saturated heterocycles. The van der Waals surface area contributed by atoms with Gasteiger partial charge < -0.3 is 25.4 Å². The lowest BCUT2D eigenvalue weighted by Gasteiger charge is -2.25. The quantitative estimate of drug-likeness (QED) is 0.0676. The summed E-state index contributed by atoms with van der Waals surface area (Å²) in [6.07, 6.45) is 2.16. The van der Waals surface area contributed by atoms with E-state index < -0.39 is 54.2 Å². The van der Waals surface area contributed by atoms with Crippen molar-refractivity contribution in [3.05, 3.63) is 35.4 Å². The second-order valence-electron chi connectivity index (χ2n) is 15.4. The van der Waals surface area contributed by atoms with Crippen molar-refractivity contribution in [3.63, 3.8) is 0 Å². The van der Waals surface area contributed by atoms with E-state index in [2.05, 4.69) is 50.2 Å². The largest absolute Gasteiger partial charge is 0.469 e. The Balaban J connectivity index is 3.03. The number of nitrogens with one attached hydrogen (secondary N) is 2. The van der Waals surface area contributed by atoms with Crippen LogP contribution in [0.4, 0.5) is 0 Å². The minimum Gasteiger partial charge on any atom is -0.469 e. The van der Waals surface area contributed by atoms with Gasteiger partial charge in [0.2, 0.25) is 11.8 Å². The fourth-order valence-electron chi connectivity index (χ4n) is 6.20. The molecule has 1 aromatic carbocycles. The molecule has 0 aromatic heterocycles. The smallest absolute Gasteiger partial charge is 0.311 e. The molecule has 0 aliphatic heterocycles. The number of ether oxygens (including phenoxy) is 1. The van der Waals surface area contributed by atoms with Gasteiger partial charge in [-0.1, -0.05) is 79.7 Å². The van der Waals surface area contributed by atoms with Gasteiger partial charge in [-0.2, -0.15) is 0 Å². The molecule has 0 radical (unpaired) electrons. The first kappa shape index (κ1) is 46.6. The van der Waals surface area contributed by atoms with E-state index in [9.17, 15) is 33.9 Å². The van der Waals surface area contributed by atoms with Gasteiger partial charge in [0, 0.05) is 36.7 Å². The Kier molecular flexibility index (Phi) is 20.8. The van der Waals surface area contributed by atoms with Crippen molar-refractivity contribution < 1.29 is 38.6 Å². The number of carbonyl (C=O) groups is 6. The van der Waals surface area contributed by atoms with E-state index in [1.54, 1.807) is 19.1 Å². The Bertz CT molecular complexity index is 1300. The molecule has 1 aromatic rings. The molecule has 294 valence electrons. The number of methoxy groups -OCH3 is 1. The van der Waals surface area contributed by atoms with E-state index in [1.807, 2.05) is 32.9 Å². The lowest BCUT2D eigenvalue weighted by molar-refractivity contribution is -0.149. The van der Waals surface area contributed by atoms with Crippen LogP contribution in [0.3, 0.4) is 0 Å². The summed E-state index contributed by atoms with van der Waals surface area (Å²) in [5.74, 6) is -4.78. The van der Waals surface area contributed by atoms with Crippen LogP contribution in [-0.2, 0) is 34.1 Å². The molecule has 1 rings (SSSR count). The van der Waals surface area contributed by atoms with Crippen LogP contribution in [0.5, 0.6) is 0 Å². The van der Waals surface area contributed by atoms with Crippen LogP contribution >= 0.6 is 0 Å². The van der Waals surface area contributed by atoms with Crippen LogP contribution in [0.2, 0.25) is 0 Å². The Morgan fingerprint density at radius 1 is 0.788 bits per heavy atom. The first-order valence-electron chi connectivity index (χ1n) is 19.1. The van der Waals surface area contributed by atoms with Crippen molar-refractivity contribution >= 4 is 35.1 Å². The van der Waals surface area contributed by atoms with Gasteiger partial charge in [0.25, 0.3) is 0 Å². The van der Waals surface area contributed by atoms with Crippen LogP contribution in [0.15, 0.2) is 24.3 Å².